The fourth-order valence-electron chi connectivity index (χ4n) is 2.71. The molecule has 3 rings (SSSR count). The highest BCUT2D eigenvalue weighted by Crippen LogP contribution is 2.23. The number of carbonyl (C=O) groups excluding carboxylic acids is 1. The van der Waals surface area contributed by atoms with Crippen molar-refractivity contribution in [2.24, 2.45) is 0 Å². The normalized spacial score (nSPS) is 10.2. The van der Waals surface area contributed by atoms with Gasteiger partial charge in [-0.3, -0.25) is 0 Å². The summed E-state index contributed by atoms with van der Waals surface area (Å²) in [5.41, 5.74) is 4.40. The largest absolute Gasteiger partial charge is 0.423 e. The number of hydrogen-bond donors (Lipinski definition) is 0. The SMILES string of the molecule is CCCc1ccc(C(=O)Oc2ccc(-c3ccc(C#N)cc3)cc2)cc1. The van der Waals surface area contributed by atoms with Crippen LogP contribution in [0.3, 0.4) is 0 Å². The summed E-state index contributed by atoms with van der Waals surface area (Å²) in [4.78, 5) is 12.3. The highest BCUT2D eigenvalue weighted by atomic mass is 16.5. The molecule has 0 unspecified atom stereocenters. The van der Waals surface area contributed by atoms with E-state index >= 15 is 0 Å². The Morgan fingerprint density at radius 1 is 0.885 bits per heavy atom. The zero-order chi connectivity index (χ0) is 18.4. The third-order valence-electron chi connectivity index (χ3n) is 4.14. The van der Waals surface area contributed by atoms with Gasteiger partial charge in [0.25, 0.3) is 0 Å². The van der Waals surface area contributed by atoms with Gasteiger partial charge in [0.1, 0.15) is 5.75 Å². The van der Waals surface area contributed by atoms with Gasteiger partial charge in [0, 0.05) is 0 Å². The molecule has 0 aliphatic rings. The topological polar surface area (TPSA) is 50.1 Å². The van der Waals surface area contributed by atoms with Gasteiger partial charge in [-0.25, -0.2) is 4.79 Å². The molecular formula is C23H19NO2. The first kappa shape index (κ1) is 17.4. The van der Waals surface area contributed by atoms with Gasteiger partial charge in [0.2, 0.25) is 0 Å². The molecule has 0 spiro atoms. The van der Waals surface area contributed by atoms with E-state index < -0.39 is 0 Å². The monoisotopic (exact) mass is 341 g/mol. The van der Waals surface area contributed by atoms with Crippen LogP contribution in [0.25, 0.3) is 11.1 Å². The van der Waals surface area contributed by atoms with Crippen molar-refractivity contribution in [2.45, 2.75) is 19.8 Å². The highest BCUT2D eigenvalue weighted by molar-refractivity contribution is 5.91. The minimum atomic E-state index is -0.362. The van der Waals surface area contributed by atoms with E-state index in [9.17, 15) is 4.79 Å². The highest BCUT2D eigenvalue weighted by Gasteiger charge is 2.09. The van der Waals surface area contributed by atoms with E-state index in [1.165, 1.54) is 5.56 Å². The summed E-state index contributed by atoms with van der Waals surface area (Å²) in [5.74, 6) is 0.143. The molecule has 0 aromatic heterocycles. The third kappa shape index (κ3) is 4.17. The van der Waals surface area contributed by atoms with Gasteiger partial charge in [0.05, 0.1) is 17.2 Å². The number of rotatable bonds is 5. The molecule has 0 saturated heterocycles. The number of nitriles is 1. The lowest BCUT2D eigenvalue weighted by atomic mass is 10.0. The quantitative estimate of drug-likeness (QED) is 0.461. The maximum absolute atomic E-state index is 12.3. The van der Waals surface area contributed by atoms with Crippen LogP contribution in [0.15, 0.2) is 72.8 Å². The van der Waals surface area contributed by atoms with Crippen molar-refractivity contribution in [1.82, 2.24) is 0 Å². The van der Waals surface area contributed by atoms with E-state index in [0.717, 1.165) is 24.0 Å². The Hall–Kier alpha value is -3.38. The number of hydrogen-bond acceptors (Lipinski definition) is 3. The lowest BCUT2D eigenvalue weighted by Gasteiger charge is -2.07. The minimum Gasteiger partial charge on any atom is -0.423 e. The second kappa shape index (κ2) is 8.13. The fourth-order valence-corrected chi connectivity index (χ4v) is 2.71. The molecule has 0 radical (unpaired) electrons. The van der Waals surface area contributed by atoms with Gasteiger partial charge in [-0.1, -0.05) is 49.7 Å². The number of ether oxygens (including phenoxy) is 1. The molecule has 0 fully saturated rings. The van der Waals surface area contributed by atoms with Crippen molar-refractivity contribution in [3.8, 4) is 22.9 Å². The fraction of sp³-hybridized carbons (Fsp3) is 0.130. The zero-order valence-corrected chi connectivity index (χ0v) is 14.6. The Balaban J connectivity index is 1.68. The molecule has 0 aliphatic heterocycles. The number of carbonyl (C=O) groups is 1. The molecule has 128 valence electrons. The van der Waals surface area contributed by atoms with E-state index in [-0.39, 0.29) is 5.97 Å². The minimum absolute atomic E-state index is 0.362. The first-order valence-electron chi connectivity index (χ1n) is 8.61. The Kier molecular flexibility index (Phi) is 5.46. The number of benzene rings is 3. The van der Waals surface area contributed by atoms with Crippen LogP contribution in [0.2, 0.25) is 0 Å². The van der Waals surface area contributed by atoms with Crippen molar-refractivity contribution < 1.29 is 9.53 Å². The second-order valence-corrected chi connectivity index (χ2v) is 6.05. The molecule has 26 heavy (non-hydrogen) atoms. The second-order valence-electron chi connectivity index (χ2n) is 6.05. The van der Waals surface area contributed by atoms with Gasteiger partial charge >= 0.3 is 5.97 Å². The summed E-state index contributed by atoms with van der Waals surface area (Å²) in [6.45, 7) is 2.13. The lowest BCUT2D eigenvalue weighted by molar-refractivity contribution is 0.0735. The Morgan fingerprint density at radius 3 is 2.00 bits per heavy atom. The van der Waals surface area contributed by atoms with Gasteiger partial charge in [-0.05, 0) is 59.5 Å². The summed E-state index contributed by atoms with van der Waals surface area (Å²) in [6.07, 6.45) is 2.08. The predicted molar refractivity (Wildman–Crippen MR) is 102 cm³/mol. The molecule has 3 heteroatoms. The molecule has 0 bridgehead atoms. The van der Waals surface area contributed by atoms with Gasteiger partial charge in [0.15, 0.2) is 0 Å². The molecule has 0 saturated carbocycles. The number of nitrogens with zero attached hydrogens (tertiary/aromatic N) is 1. The van der Waals surface area contributed by atoms with Gasteiger partial charge in [-0.15, -0.1) is 0 Å². The van der Waals surface area contributed by atoms with E-state index in [2.05, 4.69) is 13.0 Å². The molecule has 0 heterocycles. The molecule has 3 aromatic rings. The van der Waals surface area contributed by atoms with Crippen LogP contribution in [0.5, 0.6) is 5.75 Å². The zero-order valence-electron chi connectivity index (χ0n) is 14.6. The summed E-state index contributed by atoms with van der Waals surface area (Å²) >= 11 is 0. The first-order chi connectivity index (χ1) is 12.7. The van der Waals surface area contributed by atoms with Crippen molar-refractivity contribution in [1.29, 1.82) is 5.26 Å². The standard InChI is InChI=1S/C23H19NO2/c1-2-3-17-4-10-21(11-5-17)23(25)26-22-14-12-20(13-15-22)19-8-6-18(16-24)7-9-19/h4-15H,2-3H2,1H3. The smallest absolute Gasteiger partial charge is 0.343 e. The maximum atomic E-state index is 12.3. The van der Waals surface area contributed by atoms with Crippen LogP contribution in [0, 0.1) is 11.3 Å². The van der Waals surface area contributed by atoms with E-state index in [1.807, 2.05) is 36.4 Å². The van der Waals surface area contributed by atoms with E-state index in [1.54, 1.807) is 36.4 Å². The summed E-state index contributed by atoms with van der Waals surface area (Å²) in [7, 11) is 0. The Morgan fingerprint density at radius 2 is 1.46 bits per heavy atom. The van der Waals surface area contributed by atoms with Crippen LogP contribution in [0.1, 0.15) is 34.8 Å². The molecular weight excluding hydrogens is 322 g/mol. The number of aryl methyl sites for hydroxylation is 1. The lowest BCUT2D eigenvalue weighted by Crippen LogP contribution is -2.08. The molecule has 3 aromatic carbocycles. The number of esters is 1. The summed E-state index contributed by atoms with van der Waals surface area (Å²) in [5, 5.41) is 8.86. The summed E-state index contributed by atoms with van der Waals surface area (Å²) in [6, 6.07) is 24.4. The van der Waals surface area contributed by atoms with Crippen LogP contribution >= 0.6 is 0 Å². The third-order valence-corrected chi connectivity index (χ3v) is 4.14. The summed E-state index contributed by atoms with van der Waals surface area (Å²) < 4.78 is 5.45. The van der Waals surface area contributed by atoms with Crippen molar-refractivity contribution in [2.75, 3.05) is 0 Å². The Labute approximate surface area is 153 Å². The molecule has 0 N–H and O–H groups in total. The average molecular weight is 341 g/mol. The molecule has 0 aliphatic carbocycles. The van der Waals surface area contributed by atoms with Crippen LogP contribution in [-0.4, -0.2) is 5.97 Å². The molecule has 0 amide bonds. The molecule has 0 atom stereocenters. The first-order valence-corrected chi connectivity index (χ1v) is 8.61. The van der Waals surface area contributed by atoms with E-state index in [4.69, 9.17) is 10.00 Å². The average Bonchev–Trinajstić information content (AvgIpc) is 2.69. The van der Waals surface area contributed by atoms with Crippen molar-refractivity contribution in [3.63, 3.8) is 0 Å². The van der Waals surface area contributed by atoms with Crippen LogP contribution in [0.4, 0.5) is 0 Å². The van der Waals surface area contributed by atoms with Crippen LogP contribution < -0.4 is 4.74 Å². The Bertz CT molecular complexity index is 918. The van der Waals surface area contributed by atoms with E-state index in [0.29, 0.717) is 16.9 Å². The maximum Gasteiger partial charge on any atom is 0.343 e. The van der Waals surface area contributed by atoms with Gasteiger partial charge in [-0.2, -0.15) is 5.26 Å². The van der Waals surface area contributed by atoms with Crippen molar-refractivity contribution in [3.05, 3.63) is 89.5 Å². The predicted octanol–water partition coefficient (Wildman–Crippen LogP) is 5.40. The molecule has 3 nitrogen and oxygen atoms in total. The van der Waals surface area contributed by atoms with Crippen molar-refractivity contribution >= 4 is 5.97 Å². The van der Waals surface area contributed by atoms with Gasteiger partial charge < -0.3 is 4.74 Å². The van der Waals surface area contributed by atoms with Crippen LogP contribution in [-0.2, 0) is 6.42 Å².